The van der Waals surface area contributed by atoms with Crippen molar-refractivity contribution in [2.45, 2.75) is 18.9 Å². The van der Waals surface area contributed by atoms with E-state index in [-0.39, 0.29) is 16.8 Å². The van der Waals surface area contributed by atoms with Gasteiger partial charge in [-0.05, 0) is 32.5 Å². The van der Waals surface area contributed by atoms with Crippen LogP contribution in [0.5, 0.6) is 5.75 Å². The van der Waals surface area contributed by atoms with E-state index >= 15 is 0 Å². The van der Waals surface area contributed by atoms with Crippen LogP contribution in [-0.4, -0.2) is 36.1 Å². The van der Waals surface area contributed by atoms with Crippen molar-refractivity contribution >= 4 is 17.3 Å². The van der Waals surface area contributed by atoms with Crippen molar-refractivity contribution in [3.8, 4) is 5.75 Å². The van der Waals surface area contributed by atoms with E-state index in [2.05, 4.69) is 4.90 Å². The first-order chi connectivity index (χ1) is 8.56. The lowest BCUT2D eigenvalue weighted by molar-refractivity contribution is -0.384. The summed E-state index contributed by atoms with van der Waals surface area (Å²) in [6.45, 7) is 1.93. The molecule has 0 bridgehead atoms. The minimum atomic E-state index is -0.468. The van der Waals surface area contributed by atoms with Crippen LogP contribution < -0.4 is 4.74 Å². The molecule has 1 aromatic rings. The fourth-order valence-electron chi connectivity index (χ4n) is 2.09. The van der Waals surface area contributed by atoms with E-state index in [9.17, 15) is 10.1 Å². The van der Waals surface area contributed by atoms with Crippen LogP contribution in [0.15, 0.2) is 18.2 Å². The van der Waals surface area contributed by atoms with Crippen LogP contribution in [0.2, 0.25) is 5.02 Å². The Morgan fingerprint density at radius 1 is 1.56 bits per heavy atom. The van der Waals surface area contributed by atoms with Gasteiger partial charge in [0.2, 0.25) is 0 Å². The van der Waals surface area contributed by atoms with E-state index in [1.807, 2.05) is 7.05 Å². The van der Waals surface area contributed by atoms with Gasteiger partial charge >= 0.3 is 0 Å². The first kappa shape index (κ1) is 13.1. The van der Waals surface area contributed by atoms with E-state index in [0.29, 0.717) is 5.75 Å². The highest BCUT2D eigenvalue weighted by molar-refractivity contribution is 6.32. The van der Waals surface area contributed by atoms with Gasteiger partial charge in [-0.1, -0.05) is 11.6 Å². The zero-order valence-corrected chi connectivity index (χ0v) is 10.9. The van der Waals surface area contributed by atoms with E-state index in [1.54, 1.807) is 6.07 Å². The van der Waals surface area contributed by atoms with Crippen LogP contribution in [0.3, 0.4) is 0 Å². The second-order valence-electron chi connectivity index (χ2n) is 4.52. The van der Waals surface area contributed by atoms with Crippen molar-refractivity contribution in [1.29, 1.82) is 0 Å². The molecule has 0 saturated carbocycles. The summed E-state index contributed by atoms with van der Waals surface area (Å²) in [6.07, 6.45) is 2.17. The number of likely N-dealkylation sites (N-methyl/N-ethyl adjacent to an activating group) is 1. The van der Waals surface area contributed by atoms with Crippen molar-refractivity contribution in [2.24, 2.45) is 0 Å². The van der Waals surface area contributed by atoms with Gasteiger partial charge in [0, 0.05) is 18.7 Å². The Labute approximate surface area is 110 Å². The SMILES string of the molecule is CN1CCCC(Oc2ccc([N+](=O)[O-])cc2Cl)C1. The van der Waals surface area contributed by atoms with E-state index in [4.69, 9.17) is 16.3 Å². The van der Waals surface area contributed by atoms with Crippen LogP contribution in [-0.2, 0) is 0 Å². The molecule has 1 aliphatic rings. The fraction of sp³-hybridized carbons (Fsp3) is 0.500. The smallest absolute Gasteiger partial charge is 0.271 e. The molecule has 98 valence electrons. The van der Waals surface area contributed by atoms with Gasteiger partial charge in [-0.15, -0.1) is 0 Å². The molecule has 1 unspecified atom stereocenters. The average molecular weight is 271 g/mol. The monoisotopic (exact) mass is 270 g/mol. The third-order valence-electron chi connectivity index (χ3n) is 3.00. The molecule has 1 aromatic carbocycles. The number of nitrogens with zero attached hydrogens (tertiary/aromatic N) is 2. The molecule has 5 nitrogen and oxygen atoms in total. The van der Waals surface area contributed by atoms with Gasteiger partial charge < -0.3 is 9.64 Å². The second-order valence-corrected chi connectivity index (χ2v) is 4.92. The average Bonchev–Trinajstić information content (AvgIpc) is 2.31. The summed E-state index contributed by atoms with van der Waals surface area (Å²) in [4.78, 5) is 12.3. The lowest BCUT2D eigenvalue weighted by Gasteiger charge is -2.30. The topological polar surface area (TPSA) is 55.6 Å². The Morgan fingerprint density at radius 3 is 2.94 bits per heavy atom. The Bertz CT molecular complexity index is 453. The molecule has 1 fully saturated rings. The normalized spacial score (nSPS) is 20.7. The highest BCUT2D eigenvalue weighted by Crippen LogP contribution is 2.30. The number of nitro benzene ring substituents is 1. The maximum absolute atomic E-state index is 10.6. The van der Waals surface area contributed by atoms with Crippen molar-refractivity contribution in [3.63, 3.8) is 0 Å². The fourth-order valence-corrected chi connectivity index (χ4v) is 2.31. The number of rotatable bonds is 3. The number of hydrogen-bond acceptors (Lipinski definition) is 4. The van der Waals surface area contributed by atoms with Crippen LogP contribution in [0.4, 0.5) is 5.69 Å². The van der Waals surface area contributed by atoms with Gasteiger partial charge in [0.25, 0.3) is 5.69 Å². The van der Waals surface area contributed by atoms with E-state index < -0.39 is 4.92 Å². The molecular weight excluding hydrogens is 256 g/mol. The van der Waals surface area contributed by atoms with Gasteiger partial charge in [-0.25, -0.2) is 0 Å². The standard InChI is InChI=1S/C12H15ClN2O3/c1-14-6-2-3-10(8-14)18-12-5-4-9(15(16)17)7-11(12)13/h4-5,7,10H,2-3,6,8H2,1H3. The number of ether oxygens (including phenoxy) is 1. The van der Waals surface area contributed by atoms with Crippen molar-refractivity contribution < 1.29 is 9.66 Å². The molecule has 1 atom stereocenters. The molecule has 6 heteroatoms. The maximum atomic E-state index is 10.6. The lowest BCUT2D eigenvalue weighted by atomic mass is 10.1. The van der Waals surface area contributed by atoms with Crippen LogP contribution in [0, 0.1) is 10.1 Å². The molecular formula is C12H15ClN2O3. The second kappa shape index (κ2) is 5.54. The first-order valence-electron chi connectivity index (χ1n) is 5.85. The van der Waals surface area contributed by atoms with Crippen LogP contribution in [0.1, 0.15) is 12.8 Å². The lowest BCUT2D eigenvalue weighted by Crippen LogP contribution is -2.38. The number of likely N-dealkylation sites (tertiary alicyclic amines) is 1. The Hall–Kier alpha value is -1.33. The van der Waals surface area contributed by atoms with Gasteiger partial charge in [0.1, 0.15) is 11.9 Å². The number of non-ortho nitro benzene ring substituents is 1. The van der Waals surface area contributed by atoms with Crippen LogP contribution in [0.25, 0.3) is 0 Å². The van der Waals surface area contributed by atoms with Gasteiger partial charge in [0.05, 0.1) is 9.95 Å². The maximum Gasteiger partial charge on any atom is 0.271 e. The number of nitro groups is 1. The van der Waals surface area contributed by atoms with Crippen molar-refractivity contribution in [3.05, 3.63) is 33.3 Å². The molecule has 0 N–H and O–H groups in total. The summed E-state index contributed by atoms with van der Waals surface area (Å²) < 4.78 is 5.80. The number of halogens is 1. The molecule has 0 radical (unpaired) electrons. The van der Waals surface area contributed by atoms with E-state index in [1.165, 1.54) is 12.1 Å². The summed E-state index contributed by atoms with van der Waals surface area (Å²) in [5.41, 5.74) is -0.0203. The quantitative estimate of drug-likeness (QED) is 0.626. The minimum absolute atomic E-state index is 0.0203. The molecule has 0 aromatic heterocycles. The van der Waals surface area contributed by atoms with Crippen molar-refractivity contribution in [1.82, 2.24) is 4.90 Å². The van der Waals surface area contributed by atoms with Gasteiger partial charge in [-0.3, -0.25) is 10.1 Å². The predicted octanol–water partition coefficient (Wildman–Crippen LogP) is 2.72. The largest absolute Gasteiger partial charge is 0.488 e. The third-order valence-corrected chi connectivity index (χ3v) is 3.30. The number of benzene rings is 1. The number of piperidine rings is 1. The molecule has 2 rings (SSSR count). The summed E-state index contributed by atoms with van der Waals surface area (Å²) in [5.74, 6) is 0.516. The van der Waals surface area contributed by atoms with Gasteiger partial charge in [-0.2, -0.15) is 0 Å². The summed E-state index contributed by atoms with van der Waals surface area (Å²) in [6, 6.07) is 4.30. The first-order valence-corrected chi connectivity index (χ1v) is 6.23. The van der Waals surface area contributed by atoms with E-state index in [0.717, 1.165) is 25.9 Å². The minimum Gasteiger partial charge on any atom is -0.488 e. The molecule has 1 heterocycles. The highest BCUT2D eigenvalue weighted by Gasteiger charge is 2.20. The Morgan fingerprint density at radius 2 is 2.33 bits per heavy atom. The molecule has 0 amide bonds. The zero-order valence-electron chi connectivity index (χ0n) is 10.1. The Balaban J connectivity index is 2.07. The molecule has 18 heavy (non-hydrogen) atoms. The van der Waals surface area contributed by atoms with Crippen LogP contribution >= 0.6 is 11.6 Å². The molecule has 1 saturated heterocycles. The Kier molecular flexibility index (Phi) is 4.04. The summed E-state index contributed by atoms with van der Waals surface area (Å²) >= 11 is 5.99. The summed E-state index contributed by atoms with van der Waals surface area (Å²) in [5, 5.41) is 10.9. The summed E-state index contributed by atoms with van der Waals surface area (Å²) in [7, 11) is 2.05. The predicted molar refractivity (Wildman–Crippen MR) is 69.3 cm³/mol. The zero-order chi connectivity index (χ0) is 13.1. The molecule has 1 aliphatic heterocycles. The van der Waals surface area contributed by atoms with Crippen molar-refractivity contribution in [2.75, 3.05) is 20.1 Å². The molecule has 0 aliphatic carbocycles. The van der Waals surface area contributed by atoms with Gasteiger partial charge in [0.15, 0.2) is 0 Å². The number of hydrogen-bond donors (Lipinski definition) is 0. The third kappa shape index (κ3) is 3.11. The molecule has 0 spiro atoms. The highest BCUT2D eigenvalue weighted by atomic mass is 35.5.